The minimum absolute atomic E-state index is 0.00180. The van der Waals surface area contributed by atoms with Gasteiger partial charge in [0.15, 0.2) is 0 Å². The van der Waals surface area contributed by atoms with E-state index >= 15 is 0 Å². The summed E-state index contributed by atoms with van der Waals surface area (Å²) in [4.78, 5) is 0. The summed E-state index contributed by atoms with van der Waals surface area (Å²) in [6, 6.07) is 24.3. The van der Waals surface area contributed by atoms with E-state index in [0.717, 1.165) is 60.4 Å². The lowest BCUT2D eigenvalue weighted by Gasteiger charge is -2.22. The molecule has 0 amide bonds. The van der Waals surface area contributed by atoms with Crippen molar-refractivity contribution in [2.24, 2.45) is 5.92 Å². The maximum atomic E-state index is 6.68. The van der Waals surface area contributed by atoms with Crippen LogP contribution in [0.5, 0.6) is 0 Å². The number of hydrogen-bond acceptors (Lipinski definition) is 3. The molecule has 3 unspecified atom stereocenters. The molecule has 0 saturated heterocycles. The number of aryl methyl sites for hydroxylation is 1. The lowest BCUT2D eigenvalue weighted by molar-refractivity contribution is 0.157. The number of benzene rings is 3. The van der Waals surface area contributed by atoms with Crippen molar-refractivity contribution in [3.05, 3.63) is 136 Å². The lowest BCUT2D eigenvalue weighted by Crippen LogP contribution is -2.27. The molecular formula is C42H31NO3. The first-order valence-corrected chi connectivity index (χ1v) is 16.6. The normalized spacial score (nSPS) is 22.5. The van der Waals surface area contributed by atoms with Crippen molar-refractivity contribution < 1.29 is 13.6 Å². The van der Waals surface area contributed by atoms with Crippen LogP contribution < -0.4 is 10.6 Å². The number of aromatic nitrogens is 1. The maximum absolute atomic E-state index is 6.68. The second-order valence-electron chi connectivity index (χ2n) is 13.3. The van der Waals surface area contributed by atoms with Gasteiger partial charge >= 0.3 is 0 Å². The first-order valence-electron chi connectivity index (χ1n) is 16.6. The van der Waals surface area contributed by atoms with E-state index in [9.17, 15) is 0 Å². The van der Waals surface area contributed by atoms with E-state index in [4.69, 9.17) is 13.6 Å². The number of ether oxygens (including phenoxy) is 1. The molecule has 4 heteroatoms. The highest BCUT2D eigenvalue weighted by atomic mass is 16.5. The predicted molar refractivity (Wildman–Crippen MR) is 184 cm³/mol. The van der Waals surface area contributed by atoms with E-state index in [1.165, 1.54) is 60.4 Å². The zero-order valence-corrected chi connectivity index (χ0v) is 25.3. The SMILES string of the molecule is C1=Cc2oc3c(c2CC1)=CC(c1ccc2oc4c(c2c1)C1=C(CC4)OC2C=CC(n4c5ccccc5c5ccccc54)=CC12)CC=3. The average molecular weight is 598 g/mol. The summed E-state index contributed by atoms with van der Waals surface area (Å²) in [5, 5.41) is 5.06. The third kappa shape index (κ3) is 3.39. The largest absolute Gasteiger partial charge is 0.489 e. The first-order chi connectivity index (χ1) is 22.8. The van der Waals surface area contributed by atoms with Gasteiger partial charge in [-0.15, -0.1) is 0 Å². The Hall–Kier alpha value is -5.22. The van der Waals surface area contributed by atoms with Gasteiger partial charge in [-0.05, 0) is 79.5 Å². The Bertz CT molecular complexity index is 2510. The number of furan rings is 2. The molecule has 222 valence electrons. The molecule has 46 heavy (non-hydrogen) atoms. The van der Waals surface area contributed by atoms with Gasteiger partial charge in [-0.3, -0.25) is 0 Å². The predicted octanol–water partition coefficient (Wildman–Crippen LogP) is 8.62. The molecule has 5 aliphatic rings. The molecule has 0 saturated carbocycles. The zero-order chi connectivity index (χ0) is 29.9. The molecule has 0 spiro atoms. The average Bonchev–Trinajstić information content (AvgIpc) is 3.85. The fourth-order valence-corrected chi connectivity index (χ4v) is 8.76. The van der Waals surface area contributed by atoms with Crippen LogP contribution in [-0.4, -0.2) is 10.7 Å². The van der Waals surface area contributed by atoms with Gasteiger partial charge in [0.2, 0.25) is 0 Å². The standard InChI is InChI=1S/C42H31NO3/c1-4-10-33-27(7-1)28-8-2-5-11-34(28)43(33)26-15-18-38-32(23-26)42-40(46-38)20-19-39-41(42)31-22-25(14-17-37(31)45-39)24-13-16-36-30(21-24)29-9-3-6-12-35(29)44-36/h1-2,4-8,10-12,14-18,21-24,32,38H,3,9,13,19-20H2. The van der Waals surface area contributed by atoms with Crippen molar-refractivity contribution in [3.63, 3.8) is 0 Å². The highest BCUT2D eigenvalue weighted by molar-refractivity contribution is 6.10. The summed E-state index contributed by atoms with van der Waals surface area (Å²) in [5.41, 5.74) is 10.9. The van der Waals surface area contributed by atoms with Gasteiger partial charge in [-0.1, -0.05) is 54.6 Å². The molecule has 11 rings (SSSR count). The Balaban J connectivity index is 1.04. The fraction of sp³-hybridized carbons (Fsp3) is 0.190. The lowest BCUT2D eigenvalue weighted by atomic mass is 9.81. The molecule has 0 fully saturated rings. The summed E-state index contributed by atoms with van der Waals surface area (Å²) in [5.74, 6) is 3.68. The number of allylic oxidation sites excluding steroid dienone is 4. The molecule has 3 atom stereocenters. The van der Waals surface area contributed by atoms with E-state index in [0.29, 0.717) is 5.92 Å². The van der Waals surface area contributed by atoms with Gasteiger partial charge in [0, 0.05) is 68.5 Å². The van der Waals surface area contributed by atoms with E-state index in [2.05, 4.69) is 114 Å². The van der Waals surface area contributed by atoms with Crippen LogP contribution in [0.15, 0.2) is 106 Å². The molecule has 4 aliphatic carbocycles. The molecule has 0 radical (unpaired) electrons. The van der Waals surface area contributed by atoms with Crippen molar-refractivity contribution in [3.8, 4) is 0 Å². The van der Waals surface area contributed by atoms with Crippen LogP contribution in [0.25, 0.3) is 62.3 Å². The smallest absolute Gasteiger partial charge is 0.134 e. The molecule has 4 heterocycles. The van der Waals surface area contributed by atoms with Gasteiger partial charge in [0.1, 0.15) is 34.4 Å². The van der Waals surface area contributed by atoms with Crippen LogP contribution in [0.3, 0.4) is 0 Å². The van der Waals surface area contributed by atoms with E-state index in [-0.39, 0.29) is 12.0 Å². The van der Waals surface area contributed by atoms with Crippen LogP contribution in [-0.2, 0) is 17.6 Å². The third-order valence-corrected chi connectivity index (χ3v) is 10.8. The number of nitrogens with zero attached hydrogens (tertiary/aromatic N) is 1. The first kappa shape index (κ1) is 25.0. The summed E-state index contributed by atoms with van der Waals surface area (Å²) in [6.07, 6.45) is 20.8. The van der Waals surface area contributed by atoms with Crippen molar-refractivity contribution >= 4 is 62.3 Å². The fourth-order valence-electron chi connectivity index (χ4n) is 8.76. The molecule has 1 aliphatic heterocycles. The van der Waals surface area contributed by atoms with Crippen molar-refractivity contribution in [2.75, 3.05) is 0 Å². The number of hydrogen-bond donors (Lipinski definition) is 0. The van der Waals surface area contributed by atoms with Crippen molar-refractivity contribution in [1.29, 1.82) is 0 Å². The quantitative estimate of drug-likeness (QED) is 0.201. The molecule has 3 aromatic carbocycles. The summed E-state index contributed by atoms with van der Waals surface area (Å²) < 4.78 is 21.9. The van der Waals surface area contributed by atoms with E-state index in [1.807, 2.05) is 0 Å². The van der Waals surface area contributed by atoms with Crippen molar-refractivity contribution in [2.45, 2.75) is 44.1 Å². The summed E-state index contributed by atoms with van der Waals surface area (Å²) >= 11 is 0. The number of para-hydroxylation sites is 2. The Labute approximate surface area is 265 Å². The topological polar surface area (TPSA) is 40.4 Å². The van der Waals surface area contributed by atoms with Gasteiger partial charge in [-0.25, -0.2) is 0 Å². The Morgan fingerprint density at radius 3 is 2.50 bits per heavy atom. The van der Waals surface area contributed by atoms with Crippen LogP contribution in [0.4, 0.5) is 0 Å². The van der Waals surface area contributed by atoms with Crippen LogP contribution in [0.1, 0.15) is 53.4 Å². The molecule has 0 N–H and O–H groups in total. The van der Waals surface area contributed by atoms with Crippen LogP contribution >= 0.6 is 0 Å². The number of fused-ring (bicyclic) bond motifs is 12. The highest BCUT2D eigenvalue weighted by Gasteiger charge is 2.41. The number of rotatable bonds is 2. The van der Waals surface area contributed by atoms with Gasteiger partial charge < -0.3 is 18.1 Å². The minimum atomic E-state index is 0.00180. The van der Waals surface area contributed by atoms with Gasteiger partial charge in [0.25, 0.3) is 0 Å². The monoisotopic (exact) mass is 597 g/mol. The van der Waals surface area contributed by atoms with Gasteiger partial charge in [0.05, 0.1) is 11.0 Å². The summed E-state index contributed by atoms with van der Waals surface area (Å²) in [6.45, 7) is 0. The minimum Gasteiger partial charge on any atom is -0.489 e. The van der Waals surface area contributed by atoms with Crippen molar-refractivity contribution in [1.82, 2.24) is 4.57 Å². The molecule has 6 aromatic rings. The molecule has 3 aromatic heterocycles. The Morgan fingerprint density at radius 2 is 1.63 bits per heavy atom. The highest BCUT2D eigenvalue weighted by Crippen LogP contribution is 2.51. The Kier molecular flexibility index (Phi) is 4.99. The maximum Gasteiger partial charge on any atom is 0.134 e. The molecule has 0 bridgehead atoms. The third-order valence-electron chi connectivity index (χ3n) is 10.8. The second kappa shape index (κ2) is 9.17. The summed E-state index contributed by atoms with van der Waals surface area (Å²) in [7, 11) is 0. The van der Waals surface area contributed by atoms with E-state index < -0.39 is 0 Å². The zero-order valence-electron chi connectivity index (χ0n) is 25.3. The molecular weight excluding hydrogens is 566 g/mol. The Morgan fingerprint density at radius 1 is 0.783 bits per heavy atom. The van der Waals surface area contributed by atoms with Crippen LogP contribution in [0, 0.1) is 5.92 Å². The second-order valence-corrected chi connectivity index (χ2v) is 13.3. The van der Waals surface area contributed by atoms with E-state index in [1.54, 1.807) is 0 Å². The van der Waals surface area contributed by atoms with Crippen LogP contribution in [0.2, 0.25) is 0 Å². The molecule has 4 nitrogen and oxygen atoms in total. The van der Waals surface area contributed by atoms with Gasteiger partial charge in [-0.2, -0.15) is 0 Å².